The first-order valence-corrected chi connectivity index (χ1v) is 9.77. The number of nitrogens with two attached hydrogens (primary N) is 1. The van der Waals surface area contributed by atoms with Crippen LogP contribution in [0, 0.1) is 11.8 Å². The average Bonchev–Trinajstić information content (AvgIpc) is 2.54. The molecule has 0 spiro atoms. The normalized spacial score (nSPS) is 18.3. The van der Waals surface area contributed by atoms with Gasteiger partial charge in [0, 0.05) is 11.6 Å². The van der Waals surface area contributed by atoms with Gasteiger partial charge in [-0.3, -0.25) is 0 Å². The van der Waals surface area contributed by atoms with Gasteiger partial charge >= 0.3 is 0 Å². The Balaban J connectivity index is 2.59. The summed E-state index contributed by atoms with van der Waals surface area (Å²) in [7, 11) is 2.02. The van der Waals surface area contributed by atoms with Crippen molar-refractivity contribution in [3.8, 4) is 5.75 Å². The van der Waals surface area contributed by atoms with Crippen molar-refractivity contribution in [2.45, 2.75) is 84.9 Å². The third-order valence-electron chi connectivity index (χ3n) is 5.97. The lowest BCUT2D eigenvalue weighted by atomic mass is 9.85. The molecule has 0 radical (unpaired) electrons. The van der Waals surface area contributed by atoms with Crippen molar-refractivity contribution >= 4 is 0 Å². The van der Waals surface area contributed by atoms with Crippen LogP contribution in [0.15, 0.2) is 24.3 Å². The van der Waals surface area contributed by atoms with Crippen LogP contribution in [-0.2, 0) is 0 Å². The lowest BCUT2D eigenvalue weighted by Gasteiger charge is -2.33. The monoisotopic (exact) mass is 348 g/mol. The van der Waals surface area contributed by atoms with E-state index in [0.29, 0.717) is 17.8 Å². The van der Waals surface area contributed by atoms with Crippen molar-refractivity contribution in [3.63, 3.8) is 0 Å². The Morgan fingerprint density at radius 3 is 2.04 bits per heavy atom. The molecule has 0 saturated heterocycles. The van der Waals surface area contributed by atoms with E-state index in [4.69, 9.17) is 10.5 Å². The smallest absolute Gasteiger partial charge is 0.119 e. The molecule has 25 heavy (non-hydrogen) atoms. The summed E-state index contributed by atoms with van der Waals surface area (Å²) in [6, 6.07) is 8.85. The van der Waals surface area contributed by atoms with E-state index in [-0.39, 0.29) is 17.7 Å². The summed E-state index contributed by atoms with van der Waals surface area (Å²) in [5, 5.41) is 3.39. The van der Waals surface area contributed by atoms with Crippen LogP contribution in [0.4, 0.5) is 0 Å². The SMILES string of the molecule is CNC(C)(C)C(C)CC(C)Oc1ccc(C(C)CC(C)C(C)N)cc1. The zero-order valence-corrected chi connectivity index (χ0v) is 17.6. The van der Waals surface area contributed by atoms with Gasteiger partial charge in [0.15, 0.2) is 0 Å². The van der Waals surface area contributed by atoms with Gasteiger partial charge in [-0.2, -0.15) is 0 Å². The van der Waals surface area contributed by atoms with Crippen LogP contribution in [0.3, 0.4) is 0 Å². The second-order valence-corrected chi connectivity index (χ2v) is 8.58. The van der Waals surface area contributed by atoms with Gasteiger partial charge in [-0.05, 0) is 83.0 Å². The zero-order chi connectivity index (χ0) is 19.2. The van der Waals surface area contributed by atoms with Gasteiger partial charge in [0.1, 0.15) is 5.75 Å². The topological polar surface area (TPSA) is 47.3 Å². The van der Waals surface area contributed by atoms with Crippen LogP contribution in [0.25, 0.3) is 0 Å². The standard InChI is InChI=1S/C22H40N2O/c1-15(19(5)23)13-16(2)20-9-11-21(12-10-20)25-18(4)14-17(3)22(6,7)24-8/h9-12,15-19,24H,13-14,23H2,1-8H3. The Morgan fingerprint density at radius 2 is 1.56 bits per heavy atom. The predicted molar refractivity (Wildman–Crippen MR) is 109 cm³/mol. The summed E-state index contributed by atoms with van der Waals surface area (Å²) >= 11 is 0. The third kappa shape index (κ3) is 6.99. The number of hydrogen-bond acceptors (Lipinski definition) is 3. The molecule has 1 rings (SSSR count). The maximum atomic E-state index is 6.13. The molecule has 3 heteroatoms. The van der Waals surface area contributed by atoms with E-state index in [1.807, 2.05) is 7.05 Å². The van der Waals surface area contributed by atoms with E-state index >= 15 is 0 Å². The molecule has 0 aliphatic carbocycles. The predicted octanol–water partition coefficient (Wildman–Crippen LogP) is 4.96. The van der Waals surface area contributed by atoms with Crippen molar-refractivity contribution in [3.05, 3.63) is 29.8 Å². The quantitative estimate of drug-likeness (QED) is 0.628. The Labute approximate surface area is 155 Å². The van der Waals surface area contributed by atoms with Gasteiger partial charge in [-0.15, -0.1) is 0 Å². The van der Waals surface area contributed by atoms with E-state index in [2.05, 4.69) is 78.0 Å². The first-order valence-electron chi connectivity index (χ1n) is 9.77. The number of rotatable bonds is 10. The fourth-order valence-electron chi connectivity index (χ4n) is 3.10. The molecule has 0 aliphatic rings. The molecular weight excluding hydrogens is 308 g/mol. The highest BCUT2D eigenvalue weighted by Gasteiger charge is 2.25. The van der Waals surface area contributed by atoms with Crippen molar-refractivity contribution in [1.29, 1.82) is 0 Å². The lowest BCUT2D eigenvalue weighted by molar-refractivity contribution is 0.154. The summed E-state index contributed by atoms with van der Waals surface area (Å²) in [5.74, 6) is 2.54. The van der Waals surface area contributed by atoms with Crippen LogP contribution in [-0.4, -0.2) is 24.7 Å². The Morgan fingerprint density at radius 1 is 1.00 bits per heavy atom. The molecule has 1 aromatic rings. The molecule has 1 aromatic carbocycles. The molecule has 0 aromatic heterocycles. The molecule has 0 bridgehead atoms. The lowest BCUT2D eigenvalue weighted by Crippen LogP contribution is -2.44. The summed E-state index contributed by atoms with van der Waals surface area (Å²) < 4.78 is 6.13. The molecule has 5 unspecified atom stereocenters. The van der Waals surface area contributed by atoms with E-state index in [1.165, 1.54) is 5.56 Å². The van der Waals surface area contributed by atoms with Crippen LogP contribution in [0.5, 0.6) is 5.75 Å². The second kappa shape index (κ2) is 9.59. The zero-order valence-electron chi connectivity index (χ0n) is 17.6. The summed E-state index contributed by atoms with van der Waals surface area (Å²) in [4.78, 5) is 0. The van der Waals surface area contributed by atoms with Gasteiger partial charge < -0.3 is 15.8 Å². The van der Waals surface area contributed by atoms with Gasteiger partial charge in [-0.1, -0.05) is 32.9 Å². The molecule has 3 N–H and O–H groups in total. The summed E-state index contributed by atoms with van der Waals surface area (Å²) in [5.41, 5.74) is 7.47. The van der Waals surface area contributed by atoms with Crippen LogP contribution in [0.1, 0.15) is 72.8 Å². The molecule has 144 valence electrons. The number of nitrogens with one attached hydrogen (secondary N) is 1. The Kier molecular flexibility index (Phi) is 8.43. The largest absolute Gasteiger partial charge is 0.491 e. The van der Waals surface area contributed by atoms with Gasteiger partial charge in [-0.25, -0.2) is 0 Å². The molecule has 0 fully saturated rings. The van der Waals surface area contributed by atoms with Crippen molar-refractivity contribution in [2.24, 2.45) is 17.6 Å². The molecule has 5 atom stereocenters. The second-order valence-electron chi connectivity index (χ2n) is 8.58. The van der Waals surface area contributed by atoms with E-state index in [9.17, 15) is 0 Å². The van der Waals surface area contributed by atoms with Gasteiger partial charge in [0.2, 0.25) is 0 Å². The Bertz CT molecular complexity index is 495. The molecule has 0 heterocycles. The first kappa shape index (κ1) is 22.0. The average molecular weight is 349 g/mol. The molecule has 0 saturated carbocycles. The first-order chi connectivity index (χ1) is 11.6. The highest BCUT2D eigenvalue weighted by Crippen LogP contribution is 2.27. The van der Waals surface area contributed by atoms with Crippen LogP contribution in [0.2, 0.25) is 0 Å². The van der Waals surface area contributed by atoms with Crippen molar-refractivity contribution in [1.82, 2.24) is 5.32 Å². The van der Waals surface area contributed by atoms with E-state index in [1.54, 1.807) is 0 Å². The minimum Gasteiger partial charge on any atom is -0.491 e. The van der Waals surface area contributed by atoms with Crippen molar-refractivity contribution in [2.75, 3.05) is 7.05 Å². The third-order valence-corrected chi connectivity index (χ3v) is 5.97. The summed E-state index contributed by atoms with van der Waals surface area (Å²) in [6.45, 7) is 15.5. The fraction of sp³-hybridized carbons (Fsp3) is 0.727. The minimum absolute atomic E-state index is 0.119. The fourth-order valence-corrected chi connectivity index (χ4v) is 3.10. The molecule has 0 amide bonds. The van der Waals surface area contributed by atoms with Crippen LogP contribution >= 0.6 is 0 Å². The van der Waals surface area contributed by atoms with Gasteiger partial charge in [0.25, 0.3) is 0 Å². The highest BCUT2D eigenvalue weighted by atomic mass is 16.5. The number of hydrogen-bond donors (Lipinski definition) is 2. The number of ether oxygens (including phenoxy) is 1. The van der Waals surface area contributed by atoms with Gasteiger partial charge in [0.05, 0.1) is 6.10 Å². The van der Waals surface area contributed by atoms with E-state index in [0.717, 1.165) is 18.6 Å². The maximum Gasteiger partial charge on any atom is 0.119 e. The highest BCUT2D eigenvalue weighted by molar-refractivity contribution is 5.29. The maximum absolute atomic E-state index is 6.13. The molecule has 3 nitrogen and oxygen atoms in total. The molecular formula is C22H40N2O. The molecule has 0 aliphatic heterocycles. The summed E-state index contributed by atoms with van der Waals surface area (Å²) in [6.07, 6.45) is 2.34. The minimum atomic E-state index is 0.119. The van der Waals surface area contributed by atoms with Crippen molar-refractivity contribution < 1.29 is 4.74 Å². The van der Waals surface area contributed by atoms with E-state index < -0.39 is 0 Å². The number of benzene rings is 1. The van der Waals surface area contributed by atoms with Crippen LogP contribution < -0.4 is 15.8 Å². The Hall–Kier alpha value is -1.06.